The van der Waals surface area contributed by atoms with Crippen LogP contribution in [0.25, 0.3) is 0 Å². The minimum absolute atomic E-state index is 0.264. The van der Waals surface area contributed by atoms with Crippen LogP contribution < -0.4 is 5.48 Å². The molecule has 74 valence electrons. The summed E-state index contributed by atoms with van der Waals surface area (Å²) in [6.07, 6.45) is 0. The Labute approximate surface area is 74.1 Å². The second-order valence-corrected chi connectivity index (χ2v) is 5.18. The molecule has 0 fully saturated rings. The molecule has 0 saturated carbocycles. The molecule has 0 heterocycles. The molecule has 0 aromatic heterocycles. The van der Waals surface area contributed by atoms with Gasteiger partial charge in [0.05, 0.1) is 6.61 Å². The van der Waals surface area contributed by atoms with Gasteiger partial charge in [-0.1, -0.05) is 20.8 Å². The first-order valence-corrected chi connectivity index (χ1v) is 5.39. The lowest BCUT2D eigenvalue weighted by atomic mass is 9.97. The van der Waals surface area contributed by atoms with Crippen LogP contribution in [0.2, 0.25) is 0 Å². The molecule has 2 N–H and O–H groups in total. The van der Waals surface area contributed by atoms with Crippen LogP contribution in [0.4, 0.5) is 0 Å². The third-order valence-electron chi connectivity index (χ3n) is 1.52. The molecule has 0 aliphatic rings. The fraction of sp³-hybridized carbons (Fsp3) is 1.00. The van der Waals surface area contributed by atoms with E-state index < -0.39 is 13.8 Å². The fourth-order valence-corrected chi connectivity index (χ4v) is 2.09. The van der Waals surface area contributed by atoms with Crippen molar-refractivity contribution in [1.29, 1.82) is 0 Å². The molecule has 0 aromatic carbocycles. The lowest BCUT2D eigenvalue weighted by molar-refractivity contribution is 0.103. The predicted octanol–water partition coefficient (Wildman–Crippen LogP) is 1.85. The van der Waals surface area contributed by atoms with E-state index in [4.69, 9.17) is 9.73 Å². The number of hydrogen-bond donors (Lipinski definition) is 2. The van der Waals surface area contributed by atoms with Gasteiger partial charge in [-0.15, -0.1) is 0 Å². The summed E-state index contributed by atoms with van der Waals surface area (Å²) in [7, 11) is -2.20. The first kappa shape index (κ1) is 12.1. The summed E-state index contributed by atoms with van der Waals surface area (Å²) in [5.74, 6) is -0.484. The van der Waals surface area contributed by atoms with E-state index in [-0.39, 0.29) is 5.41 Å². The molecule has 0 aliphatic heterocycles. The second kappa shape index (κ2) is 4.97. The molecular formula is C7H18NO3P. The standard InChI is InChI=1S/C7H18NO3P/c1-5-11-12(10)6(8-9)7(2,3)4/h6,8-9,12H,5H2,1-4H3. The van der Waals surface area contributed by atoms with Crippen LogP contribution in [-0.2, 0) is 9.09 Å². The number of nitrogens with one attached hydrogen (secondary N) is 1. The van der Waals surface area contributed by atoms with Gasteiger partial charge < -0.3 is 9.73 Å². The maximum atomic E-state index is 11.4. The lowest BCUT2D eigenvalue weighted by Crippen LogP contribution is -2.35. The van der Waals surface area contributed by atoms with Crippen molar-refractivity contribution in [1.82, 2.24) is 5.48 Å². The van der Waals surface area contributed by atoms with Crippen molar-refractivity contribution in [2.75, 3.05) is 6.61 Å². The van der Waals surface area contributed by atoms with Crippen molar-refractivity contribution in [3.8, 4) is 0 Å². The summed E-state index contributed by atoms with van der Waals surface area (Å²) in [4.78, 5) is 0. The molecule has 2 unspecified atom stereocenters. The molecule has 0 rings (SSSR count). The molecule has 5 heteroatoms. The Morgan fingerprint density at radius 2 is 2.08 bits per heavy atom. The summed E-state index contributed by atoms with van der Waals surface area (Å²) in [5.41, 5.74) is 1.77. The Hall–Kier alpha value is 0.110. The molecule has 0 amide bonds. The van der Waals surface area contributed by atoms with Gasteiger partial charge in [0.1, 0.15) is 5.78 Å². The Morgan fingerprint density at radius 3 is 2.33 bits per heavy atom. The zero-order valence-corrected chi connectivity index (χ0v) is 9.05. The number of rotatable bonds is 4. The molecule has 0 aromatic rings. The van der Waals surface area contributed by atoms with Crippen molar-refractivity contribution in [2.45, 2.75) is 33.5 Å². The molecule has 0 aliphatic carbocycles. The highest BCUT2D eigenvalue weighted by molar-refractivity contribution is 7.40. The highest BCUT2D eigenvalue weighted by atomic mass is 31.1. The minimum atomic E-state index is -2.20. The van der Waals surface area contributed by atoms with E-state index in [2.05, 4.69) is 0 Å². The van der Waals surface area contributed by atoms with Gasteiger partial charge in [0.2, 0.25) is 8.03 Å². The van der Waals surface area contributed by atoms with Gasteiger partial charge in [0.25, 0.3) is 0 Å². The number of hydroxylamine groups is 1. The SMILES string of the molecule is CCO[PH](=O)C(NO)C(C)(C)C. The van der Waals surface area contributed by atoms with Crippen LogP contribution in [0.15, 0.2) is 0 Å². The van der Waals surface area contributed by atoms with Crippen molar-refractivity contribution in [3.63, 3.8) is 0 Å². The topological polar surface area (TPSA) is 58.6 Å². The first-order chi connectivity index (χ1) is 5.43. The van der Waals surface area contributed by atoms with E-state index in [1.807, 2.05) is 26.3 Å². The van der Waals surface area contributed by atoms with Crippen molar-refractivity contribution >= 4 is 8.03 Å². The lowest BCUT2D eigenvalue weighted by Gasteiger charge is -2.27. The smallest absolute Gasteiger partial charge is 0.210 e. The van der Waals surface area contributed by atoms with Gasteiger partial charge in [-0.2, -0.15) is 5.48 Å². The highest BCUT2D eigenvalue weighted by Gasteiger charge is 2.29. The Morgan fingerprint density at radius 1 is 1.58 bits per heavy atom. The molecular weight excluding hydrogens is 177 g/mol. The molecule has 4 nitrogen and oxygen atoms in total. The summed E-state index contributed by atoms with van der Waals surface area (Å²) in [6, 6.07) is 0. The highest BCUT2D eigenvalue weighted by Crippen LogP contribution is 2.38. The molecule has 2 atom stereocenters. The Balaban J connectivity index is 4.25. The van der Waals surface area contributed by atoms with E-state index in [1.54, 1.807) is 6.92 Å². The van der Waals surface area contributed by atoms with Gasteiger partial charge in [0.15, 0.2) is 0 Å². The first-order valence-electron chi connectivity index (χ1n) is 3.99. The van der Waals surface area contributed by atoms with E-state index in [9.17, 15) is 4.57 Å². The van der Waals surface area contributed by atoms with Crippen LogP contribution in [-0.4, -0.2) is 17.6 Å². The van der Waals surface area contributed by atoms with E-state index in [0.717, 1.165) is 0 Å². The van der Waals surface area contributed by atoms with Crippen LogP contribution in [0.3, 0.4) is 0 Å². The normalized spacial score (nSPS) is 17.4. The van der Waals surface area contributed by atoms with E-state index in [0.29, 0.717) is 6.61 Å². The molecule has 0 saturated heterocycles. The van der Waals surface area contributed by atoms with Crippen molar-refractivity contribution in [3.05, 3.63) is 0 Å². The van der Waals surface area contributed by atoms with Gasteiger partial charge in [-0.05, 0) is 12.3 Å². The molecule has 0 spiro atoms. The average Bonchev–Trinajstić information content (AvgIpc) is 1.85. The maximum absolute atomic E-state index is 11.4. The van der Waals surface area contributed by atoms with Crippen LogP contribution in [0, 0.1) is 5.41 Å². The largest absolute Gasteiger partial charge is 0.330 e. The van der Waals surface area contributed by atoms with Crippen LogP contribution in [0.5, 0.6) is 0 Å². The second-order valence-electron chi connectivity index (χ2n) is 3.68. The predicted molar refractivity (Wildman–Crippen MR) is 48.8 cm³/mol. The minimum Gasteiger partial charge on any atom is -0.330 e. The third-order valence-corrected chi connectivity index (χ3v) is 3.56. The molecule has 12 heavy (non-hydrogen) atoms. The number of hydrogen-bond acceptors (Lipinski definition) is 4. The zero-order valence-electron chi connectivity index (χ0n) is 8.05. The van der Waals surface area contributed by atoms with Gasteiger partial charge in [-0.3, -0.25) is 4.57 Å². The monoisotopic (exact) mass is 195 g/mol. The fourth-order valence-electron chi connectivity index (χ4n) is 0.825. The molecule has 0 bridgehead atoms. The van der Waals surface area contributed by atoms with E-state index >= 15 is 0 Å². The average molecular weight is 195 g/mol. The van der Waals surface area contributed by atoms with Crippen molar-refractivity contribution in [2.24, 2.45) is 5.41 Å². The zero-order chi connectivity index (χ0) is 9.78. The Kier molecular flexibility index (Phi) is 5.02. The summed E-state index contributed by atoms with van der Waals surface area (Å²) >= 11 is 0. The quantitative estimate of drug-likeness (QED) is 0.531. The van der Waals surface area contributed by atoms with Gasteiger partial charge >= 0.3 is 0 Å². The Bertz CT molecular complexity index is 155. The van der Waals surface area contributed by atoms with E-state index in [1.165, 1.54) is 0 Å². The molecule has 0 radical (unpaired) electrons. The summed E-state index contributed by atoms with van der Waals surface area (Å²) in [6.45, 7) is 7.86. The van der Waals surface area contributed by atoms with Crippen LogP contribution in [0.1, 0.15) is 27.7 Å². The maximum Gasteiger partial charge on any atom is 0.210 e. The summed E-state index contributed by atoms with van der Waals surface area (Å²) < 4.78 is 16.3. The van der Waals surface area contributed by atoms with Crippen LogP contribution >= 0.6 is 8.03 Å². The van der Waals surface area contributed by atoms with Crippen molar-refractivity contribution < 1.29 is 14.3 Å². The van der Waals surface area contributed by atoms with Gasteiger partial charge in [-0.25, -0.2) is 0 Å². The summed E-state index contributed by atoms with van der Waals surface area (Å²) in [5, 5.41) is 8.75. The van der Waals surface area contributed by atoms with Gasteiger partial charge in [0, 0.05) is 0 Å². The third kappa shape index (κ3) is 3.68.